The molecule has 0 fully saturated rings. The molecule has 5 nitrogen and oxygen atoms in total. The van der Waals surface area contributed by atoms with E-state index in [4.69, 9.17) is 11.6 Å². The number of carbonyl (C=O) groups excluding carboxylic acids is 1. The molecule has 0 aliphatic rings. The maximum absolute atomic E-state index is 12.4. The Hall–Kier alpha value is -2.22. The van der Waals surface area contributed by atoms with Gasteiger partial charge in [0.25, 0.3) is 5.91 Å². The molecular weight excluding hydrogens is 416 g/mol. The quantitative estimate of drug-likeness (QED) is 0.607. The van der Waals surface area contributed by atoms with Crippen LogP contribution in [0.5, 0.6) is 0 Å². The molecule has 1 amide bonds. The number of sulfone groups is 1. The summed E-state index contributed by atoms with van der Waals surface area (Å²) in [6.07, 6.45) is 2.40. The fraction of sp³-hybridized carbons (Fsp3) is 0.200. The second-order valence-electron chi connectivity index (χ2n) is 6.27. The molecule has 3 rings (SSSR count). The van der Waals surface area contributed by atoms with Crippen LogP contribution in [0.25, 0.3) is 0 Å². The van der Waals surface area contributed by atoms with Gasteiger partial charge < -0.3 is 0 Å². The number of carbonyl (C=O) groups is 1. The molecule has 1 aromatic heterocycles. The lowest BCUT2D eigenvalue weighted by Crippen LogP contribution is -2.12. The van der Waals surface area contributed by atoms with Gasteiger partial charge in [-0.25, -0.2) is 13.4 Å². The van der Waals surface area contributed by atoms with Gasteiger partial charge in [0.15, 0.2) is 15.0 Å². The van der Waals surface area contributed by atoms with E-state index in [0.717, 1.165) is 21.0 Å². The number of hydrogen-bond acceptors (Lipinski definition) is 5. The minimum atomic E-state index is -3.28. The molecule has 146 valence electrons. The molecule has 0 bridgehead atoms. The highest BCUT2D eigenvalue weighted by Gasteiger charge is 2.14. The maximum Gasteiger partial charge on any atom is 0.257 e. The summed E-state index contributed by atoms with van der Waals surface area (Å²) >= 11 is 7.55. The third-order valence-corrected chi connectivity index (χ3v) is 7.31. The number of nitrogens with one attached hydrogen (secondary N) is 1. The molecule has 0 radical (unpaired) electrons. The Morgan fingerprint density at radius 3 is 2.54 bits per heavy atom. The zero-order valence-corrected chi connectivity index (χ0v) is 17.8. The first kappa shape index (κ1) is 20.5. The van der Waals surface area contributed by atoms with Crippen LogP contribution in [-0.2, 0) is 16.3 Å². The van der Waals surface area contributed by atoms with Crippen LogP contribution >= 0.6 is 22.9 Å². The van der Waals surface area contributed by atoms with E-state index in [-0.39, 0.29) is 16.6 Å². The van der Waals surface area contributed by atoms with Crippen LogP contribution in [0.1, 0.15) is 33.3 Å². The van der Waals surface area contributed by atoms with Crippen LogP contribution in [0.15, 0.2) is 53.6 Å². The van der Waals surface area contributed by atoms with Crippen molar-refractivity contribution in [3.63, 3.8) is 0 Å². The highest BCUT2D eigenvalue weighted by Crippen LogP contribution is 2.24. The molecule has 3 aromatic rings. The van der Waals surface area contributed by atoms with Crippen molar-refractivity contribution >= 4 is 43.8 Å². The number of hydrogen-bond donors (Lipinski definition) is 1. The van der Waals surface area contributed by atoms with Crippen molar-refractivity contribution in [2.45, 2.75) is 25.2 Å². The van der Waals surface area contributed by atoms with Crippen LogP contribution in [0.3, 0.4) is 0 Å². The lowest BCUT2D eigenvalue weighted by Gasteiger charge is -2.04. The van der Waals surface area contributed by atoms with Gasteiger partial charge in [-0.3, -0.25) is 10.1 Å². The van der Waals surface area contributed by atoms with Crippen molar-refractivity contribution < 1.29 is 13.2 Å². The summed E-state index contributed by atoms with van der Waals surface area (Å²) < 4.78 is 23.7. The monoisotopic (exact) mass is 434 g/mol. The van der Waals surface area contributed by atoms with Gasteiger partial charge in [0.1, 0.15) is 0 Å². The number of nitrogens with zero attached hydrogens (tertiary/aromatic N) is 1. The van der Waals surface area contributed by atoms with Gasteiger partial charge in [0.05, 0.1) is 10.6 Å². The van der Waals surface area contributed by atoms with Gasteiger partial charge in [-0.2, -0.15) is 0 Å². The van der Waals surface area contributed by atoms with Crippen molar-refractivity contribution in [3.8, 4) is 0 Å². The minimum Gasteiger partial charge on any atom is -0.298 e. The fourth-order valence-electron chi connectivity index (χ4n) is 2.54. The second kappa shape index (κ2) is 8.43. The second-order valence-corrected chi connectivity index (χ2v) is 10.1. The lowest BCUT2D eigenvalue weighted by atomic mass is 10.1. The largest absolute Gasteiger partial charge is 0.298 e. The average molecular weight is 435 g/mol. The molecule has 0 aliphatic heterocycles. The third-order valence-electron chi connectivity index (χ3n) is 4.24. The van der Waals surface area contributed by atoms with Gasteiger partial charge in [-0.1, -0.05) is 30.7 Å². The number of halogens is 1. The van der Waals surface area contributed by atoms with E-state index in [0.29, 0.717) is 17.1 Å². The summed E-state index contributed by atoms with van der Waals surface area (Å²) in [7, 11) is -3.28. The van der Waals surface area contributed by atoms with Gasteiger partial charge in [-0.15, -0.1) is 11.3 Å². The van der Waals surface area contributed by atoms with E-state index in [9.17, 15) is 13.2 Å². The first-order valence-corrected chi connectivity index (χ1v) is 11.5. The molecule has 0 atom stereocenters. The molecule has 1 heterocycles. The van der Waals surface area contributed by atoms with E-state index in [2.05, 4.69) is 10.3 Å². The van der Waals surface area contributed by atoms with Crippen LogP contribution in [0.4, 0.5) is 5.13 Å². The SMILES string of the molecule is CCS(=O)(=O)c1ccc(C(=O)Nc2ncc(Cc3ccc(C)c(Cl)c3)s2)cc1. The van der Waals surface area contributed by atoms with E-state index >= 15 is 0 Å². The predicted octanol–water partition coefficient (Wildman–Crippen LogP) is 4.74. The number of aromatic nitrogens is 1. The Morgan fingerprint density at radius 2 is 1.89 bits per heavy atom. The number of benzene rings is 2. The first-order valence-electron chi connectivity index (χ1n) is 8.62. The van der Waals surface area contributed by atoms with Gasteiger partial charge in [0, 0.05) is 28.1 Å². The van der Waals surface area contributed by atoms with E-state index < -0.39 is 9.84 Å². The first-order chi connectivity index (χ1) is 13.3. The fourth-order valence-corrected chi connectivity index (χ4v) is 4.47. The predicted molar refractivity (Wildman–Crippen MR) is 113 cm³/mol. The Bertz CT molecular complexity index is 1110. The summed E-state index contributed by atoms with van der Waals surface area (Å²) in [5.41, 5.74) is 2.47. The summed E-state index contributed by atoms with van der Waals surface area (Å²) in [5.74, 6) is -0.313. The van der Waals surface area contributed by atoms with E-state index in [1.54, 1.807) is 13.1 Å². The van der Waals surface area contributed by atoms with E-state index in [1.165, 1.54) is 35.6 Å². The molecule has 0 spiro atoms. The van der Waals surface area contributed by atoms with Crippen molar-refractivity contribution in [1.82, 2.24) is 4.98 Å². The van der Waals surface area contributed by atoms with Crippen LogP contribution in [0, 0.1) is 6.92 Å². The summed E-state index contributed by atoms with van der Waals surface area (Å²) in [6.45, 7) is 3.54. The molecule has 2 aromatic carbocycles. The molecule has 1 N–H and O–H groups in total. The highest BCUT2D eigenvalue weighted by molar-refractivity contribution is 7.91. The van der Waals surface area contributed by atoms with Gasteiger partial charge in [0.2, 0.25) is 0 Å². The van der Waals surface area contributed by atoms with Gasteiger partial charge in [-0.05, 0) is 48.4 Å². The average Bonchev–Trinajstić information content (AvgIpc) is 3.11. The van der Waals surface area contributed by atoms with Crippen LogP contribution in [-0.4, -0.2) is 25.1 Å². The summed E-state index contributed by atoms with van der Waals surface area (Å²) in [6, 6.07) is 11.8. The standard InChI is InChI=1S/C20H19ClN2O3S2/c1-3-28(25,26)17-8-6-15(7-9-17)19(24)23-20-22-12-16(27-20)10-14-5-4-13(2)18(21)11-14/h4-9,11-12H,3,10H2,1-2H3,(H,22,23,24). The normalized spacial score (nSPS) is 11.4. The summed E-state index contributed by atoms with van der Waals surface area (Å²) in [4.78, 5) is 17.8. The van der Waals surface area contributed by atoms with Crippen LogP contribution < -0.4 is 5.32 Å². The summed E-state index contributed by atoms with van der Waals surface area (Å²) in [5, 5.41) is 3.97. The number of thiazole rings is 1. The zero-order valence-electron chi connectivity index (χ0n) is 15.4. The number of rotatable bonds is 6. The van der Waals surface area contributed by atoms with Crippen molar-refractivity contribution in [2.24, 2.45) is 0 Å². The van der Waals surface area contributed by atoms with Crippen molar-refractivity contribution in [1.29, 1.82) is 0 Å². The molecule has 0 saturated carbocycles. The lowest BCUT2D eigenvalue weighted by molar-refractivity contribution is 0.102. The number of amides is 1. The Balaban J connectivity index is 1.67. The topological polar surface area (TPSA) is 76.1 Å². The molecule has 0 saturated heterocycles. The number of anilines is 1. The molecule has 8 heteroatoms. The highest BCUT2D eigenvalue weighted by atomic mass is 35.5. The van der Waals surface area contributed by atoms with Crippen molar-refractivity contribution in [3.05, 3.63) is 75.3 Å². The van der Waals surface area contributed by atoms with Crippen molar-refractivity contribution in [2.75, 3.05) is 11.1 Å². The molecular formula is C20H19ClN2O3S2. The third kappa shape index (κ3) is 4.79. The smallest absolute Gasteiger partial charge is 0.257 e. The zero-order chi connectivity index (χ0) is 20.3. The molecule has 0 unspecified atom stereocenters. The Kier molecular flexibility index (Phi) is 6.17. The Labute approximate surface area is 173 Å². The number of aryl methyl sites for hydroxylation is 1. The maximum atomic E-state index is 12.4. The van der Waals surface area contributed by atoms with Crippen LogP contribution in [0.2, 0.25) is 5.02 Å². The minimum absolute atomic E-state index is 0.0205. The van der Waals surface area contributed by atoms with E-state index in [1.807, 2.05) is 25.1 Å². The Morgan fingerprint density at radius 1 is 1.18 bits per heavy atom. The molecule has 0 aliphatic carbocycles. The molecule has 28 heavy (non-hydrogen) atoms. The van der Waals surface area contributed by atoms with Gasteiger partial charge >= 0.3 is 0 Å².